The summed E-state index contributed by atoms with van der Waals surface area (Å²) in [5.74, 6) is 0.970. The molecule has 2 aliphatic carbocycles. The van der Waals surface area contributed by atoms with Crippen molar-refractivity contribution < 1.29 is 9.53 Å². The van der Waals surface area contributed by atoms with Gasteiger partial charge in [-0.2, -0.15) is 0 Å². The van der Waals surface area contributed by atoms with E-state index in [4.69, 9.17) is 10.5 Å². The molecule has 3 nitrogen and oxygen atoms in total. The molecular weight excluding hydrogens is 226 g/mol. The van der Waals surface area contributed by atoms with E-state index in [0.717, 1.165) is 19.3 Å². The third-order valence-corrected chi connectivity index (χ3v) is 4.61. The van der Waals surface area contributed by atoms with Crippen LogP contribution in [0.1, 0.15) is 64.7 Å². The summed E-state index contributed by atoms with van der Waals surface area (Å²) in [6.07, 6.45) is 10.1. The van der Waals surface area contributed by atoms with Gasteiger partial charge in [0.05, 0.1) is 6.61 Å². The summed E-state index contributed by atoms with van der Waals surface area (Å²) >= 11 is 0. The minimum Gasteiger partial charge on any atom is -0.464 e. The van der Waals surface area contributed by atoms with Crippen LogP contribution in [0.2, 0.25) is 0 Å². The van der Waals surface area contributed by atoms with Crippen molar-refractivity contribution >= 4 is 5.97 Å². The highest BCUT2D eigenvalue weighted by Gasteiger charge is 2.39. The maximum absolute atomic E-state index is 12.2. The standard InChI is InChI=1S/C15H27NO2/c1-12-6-5-9-15(16,10-12)14(17)18-11-13-7-3-2-4-8-13/h12-13H,2-11,16H2,1H3. The molecule has 0 spiro atoms. The van der Waals surface area contributed by atoms with Gasteiger partial charge in [0.15, 0.2) is 0 Å². The number of hydrogen-bond acceptors (Lipinski definition) is 3. The van der Waals surface area contributed by atoms with Gasteiger partial charge in [0, 0.05) is 0 Å². The zero-order valence-corrected chi connectivity index (χ0v) is 11.6. The zero-order valence-electron chi connectivity index (χ0n) is 11.6. The summed E-state index contributed by atoms with van der Waals surface area (Å²) in [5, 5.41) is 0. The van der Waals surface area contributed by atoms with E-state index in [9.17, 15) is 4.79 Å². The molecule has 0 aliphatic heterocycles. The number of carbonyl (C=O) groups excluding carboxylic acids is 1. The average molecular weight is 253 g/mol. The van der Waals surface area contributed by atoms with Gasteiger partial charge in [-0.3, -0.25) is 4.79 Å². The van der Waals surface area contributed by atoms with Crippen molar-refractivity contribution in [3.05, 3.63) is 0 Å². The Morgan fingerprint density at radius 1 is 1.22 bits per heavy atom. The molecule has 104 valence electrons. The SMILES string of the molecule is CC1CCCC(N)(C(=O)OCC2CCCCC2)C1. The van der Waals surface area contributed by atoms with Gasteiger partial charge in [-0.1, -0.05) is 39.0 Å². The third-order valence-electron chi connectivity index (χ3n) is 4.61. The van der Waals surface area contributed by atoms with Crippen molar-refractivity contribution in [3.8, 4) is 0 Å². The average Bonchev–Trinajstić information content (AvgIpc) is 2.37. The molecule has 2 aliphatic rings. The van der Waals surface area contributed by atoms with Crippen LogP contribution in [0, 0.1) is 11.8 Å². The zero-order chi connectivity index (χ0) is 13.0. The largest absolute Gasteiger partial charge is 0.464 e. The Balaban J connectivity index is 1.79. The molecule has 2 saturated carbocycles. The van der Waals surface area contributed by atoms with Crippen LogP contribution in [-0.4, -0.2) is 18.1 Å². The van der Waals surface area contributed by atoms with E-state index in [1.165, 1.54) is 38.5 Å². The fourth-order valence-corrected chi connectivity index (χ4v) is 3.47. The summed E-state index contributed by atoms with van der Waals surface area (Å²) in [5.41, 5.74) is 5.53. The molecule has 0 aromatic carbocycles. The predicted octanol–water partition coefficient (Wildman–Crippen LogP) is 3.02. The van der Waals surface area contributed by atoms with Crippen molar-refractivity contribution in [1.82, 2.24) is 0 Å². The maximum atomic E-state index is 12.2. The number of ether oxygens (including phenoxy) is 1. The Bertz CT molecular complexity index is 286. The van der Waals surface area contributed by atoms with Gasteiger partial charge in [0.1, 0.15) is 5.54 Å². The fourth-order valence-electron chi connectivity index (χ4n) is 3.47. The van der Waals surface area contributed by atoms with Crippen LogP contribution in [0.15, 0.2) is 0 Å². The van der Waals surface area contributed by atoms with Crippen LogP contribution in [0.4, 0.5) is 0 Å². The molecule has 3 heteroatoms. The van der Waals surface area contributed by atoms with Crippen LogP contribution < -0.4 is 5.73 Å². The van der Waals surface area contributed by atoms with Crippen molar-refractivity contribution in [1.29, 1.82) is 0 Å². The lowest BCUT2D eigenvalue weighted by molar-refractivity contribution is -0.153. The molecule has 0 amide bonds. The molecule has 2 fully saturated rings. The van der Waals surface area contributed by atoms with Gasteiger partial charge < -0.3 is 10.5 Å². The number of nitrogens with two attached hydrogens (primary N) is 1. The first-order valence-corrected chi connectivity index (χ1v) is 7.56. The van der Waals surface area contributed by atoms with Gasteiger partial charge in [-0.05, 0) is 37.5 Å². The Morgan fingerprint density at radius 2 is 1.94 bits per heavy atom. The lowest BCUT2D eigenvalue weighted by Gasteiger charge is -2.35. The van der Waals surface area contributed by atoms with E-state index in [0.29, 0.717) is 18.4 Å². The monoisotopic (exact) mass is 253 g/mol. The molecule has 2 atom stereocenters. The molecule has 2 rings (SSSR count). The van der Waals surface area contributed by atoms with Gasteiger partial charge in [-0.25, -0.2) is 0 Å². The highest BCUT2D eigenvalue weighted by atomic mass is 16.5. The highest BCUT2D eigenvalue weighted by Crippen LogP contribution is 2.32. The van der Waals surface area contributed by atoms with E-state index in [1.807, 2.05) is 0 Å². The molecule has 2 N–H and O–H groups in total. The molecule has 0 aromatic rings. The fraction of sp³-hybridized carbons (Fsp3) is 0.933. The predicted molar refractivity (Wildman–Crippen MR) is 72.1 cm³/mol. The van der Waals surface area contributed by atoms with Gasteiger partial charge in [0.25, 0.3) is 0 Å². The van der Waals surface area contributed by atoms with E-state index >= 15 is 0 Å². The maximum Gasteiger partial charge on any atom is 0.326 e. The van der Waals surface area contributed by atoms with Crippen molar-refractivity contribution in [2.75, 3.05) is 6.61 Å². The van der Waals surface area contributed by atoms with E-state index in [1.54, 1.807) is 0 Å². The first kappa shape index (κ1) is 13.9. The lowest BCUT2D eigenvalue weighted by Crippen LogP contribution is -2.52. The Morgan fingerprint density at radius 3 is 2.61 bits per heavy atom. The van der Waals surface area contributed by atoms with Crippen molar-refractivity contribution in [2.24, 2.45) is 17.6 Å². The molecule has 0 aromatic heterocycles. The first-order chi connectivity index (χ1) is 8.60. The van der Waals surface area contributed by atoms with Crippen LogP contribution >= 0.6 is 0 Å². The second kappa shape index (κ2) is 6.05. The summed E-state index contributed by atoms with van der Waals surface area (Å²) in [4.78, 5) is 12.2. The first-order valence-electron chi connectivity index (χ1n) is 7.56. The second-order valence-electron chi connectivity index (χ2n) is 6.46. The molecule has 0 saturated heterocycles. The van der Waals surface area contributed by atoms with E-state index in [2.05, 4.69) is 6.92 Å². The minimum absolute atomic E-state index is 0.153. The highest BCUT2D eigenvalue weighted by molar-refractivity contribution is 5.80. The molecule has 2 unspecified atom stereocenters. The van der Waals surface area contributed by atoms with Crippen LogP contribution in [0.25, 0.3) is 0 Å². The van der Waals surface area contributed by atoms with Gasteiger partial charge in [-0.15, -0.1) is 0 Å². The van der Waals surface area contributed by atoms with Crippen molar-refractivity contribution in [3.63, 3.8) is 0 Å². The van der Waals surface area contributed by atoms with Gasteiger partial charge in [0.2, 0.25) is 0 Å². The molecule has 0 bridgehead atoms. The number of rotatable bonds is 3. The lowest BCUT2D eigenvalue weighted by atomic mass is 9.77. The number of esters is 1. The Labute approximate surface area is 110 Å². The van der Waals surface area contributed by atoms with Crippen molar-refractivity contribution in [2.45, 2.75) is 70.3 Å². The normalized spacial score (nSPS) is 34.2. The molecule has 0 radical (unpaired) electrons. The Hall–Kier alpha value is -0.570. The summed E-state index contributed by atoms with van der Waals surface area (Å²) < 4.78 is 5.51. The summed E-state index contributed by atoms with van der Waals surface area (Å²) in [7, 11) is 0. The Kier molecular flexibility index (Phi) is 4.66. The smallest absolute Gasteiger partial charge is 0.326 e. The topological polar surface area (TPSA) is 52.3 Å². The van der Waals surface area contributed by atoms with Crippen LogP contribution in [-0.2, 0) is 9.53 Å². The minimum atomic E-state index is -0.702. The van der Waals surface area contributed by atoms with E-state index in [-0.39, 0.29) is 5.97 Å². The molecule has 0 heterocycles. The van der Waals surface area contributed by atoms with E-state index < -0.39 is 5.54 Å². The number of carbonyl (C=O) groups is 1. The van der Waals surface area contributed by atoms with Crippen LogP contribution in [0.5, 0.6) is 0 Å². The summed E-state index contributed by atoms with van der Waals surface area (Å²) in [6, 6.07) is 0. The van der Waals surface area contributed by atoms with Crippen LogP contribution in [0.3, 0.4) is 0 Å². The molecular formula is C15H27NO2. The quantitative estimate of drug-likeness (QED) is 0.787. The second-order valence-corrected chi connectivity index (χ2v) is 6.46. The molecule has 18 heavy (non-hydrogen) atoms. The number of hydrogen-bond donors (Lipinski definition) is 1. The van der Waals surface area contributed by atoms with Gasteiger partial charge >= 0.3 is 5.97 Å². The third kappa shape index (κ3) is 3.47. The summed E-state index contributed by atoms with van der Waals surface area (Å²) in [6.45, 7) is 2.77.